The second-order valence-electron chi connectivity index (χ2n) is 12.1. The number of rotatable bonds is 14. The number of hydrogen-bond donors (Lipinski definition) is 0. The van der Waals surface area contributed by atoms with Gasteiger partial charge in [-0.3, -0.25) is 9.36 Å². The van der Waals surface area contributed by atoms with Crippen molar-refractivity contribution in [2.24, 2.45) is 4.99 Å². The van der Waals surface area contributed by atoms with Gasteiger partial charge in [-0.25, -0.2) is 14.6 Å². The molecule has 272 valence electrons. The van der Waals surface area contributed by atoms with Crippen LogP contribution in [0.15, 0.2) is 113 Å². The molecular formula is C42H40N2O8S. The summed E-state index contributed by atoms with van der Waals surface area (Å²) in [6.07, 6.45) is 4.21. The number of benzene rings is 4. The van der Waals surface area contributed by atoms with Gasteiger partial charge in [0.15, 0.2) is 22.9 Å². The SMILES string of the molecule is C=CCc1cc(/C=c2\sc3n(c2=O)[C@@H](c2ccc(OCC(=O)OC)c(OCC)c2)C(C(=O)OCC)=C(C)N=3)ccc1OCc1cccc2ccccc12. The summed E-state index contributed by atoms with van der Waals surface area (Å²) in [4.78, 5) is 44.7. The summed E-state index contributed by atoms with van der Waals surface area (Å²) < 4.78 is 30.0. The highest BCUT2D eigenvalue weighted by atomic mass is 32.1. The van der Waals surface area contributed by atoms with Gasteiger partial charge in [0.05, 0.1) is 42.2 Å². The quantitative estimate of drug-likeness (QED) is 0.0979. The van der Waals surface area contributed by atoms with Gasteiger partial charge in [0.2, 0.25) is 0 Å². The zero-order valence-electron chi connectivity index (χ0n) is 30.0. The zero-order valence-corrected chi connectivity index (χ0v) is 30.9. The molecular weight excluding hydrogens is 693 g/mol. The minimum Gasteiger partial charge on any atom is -0.490 e. The molecule has 0 unspecified atom stereocenters. The fourth-order valence-corrected chi connectivity index (χ4v) is 7.30. The third-order valence-corrected chi connectivity index (χ3v) is 9.67. The Kier molecular flexibility index (Phi) is 11.5. The first-order valence-corrected chi connectivity index (χ1v) is 18.1. The number of allylic oxidation sites excluding steroid dienone is 2. The van der Waals surface area contributed by atoms with E-state index in [1.165, 1.54) is 23.0 Å². The van der Waals surface area contributed by atoms with Gasteiger partial charge in [0.1, 0.15) is 12.4 Å². The Balaban J connectivity index is 1.39. The fourth-order valence-electron chi connectivity index (χ4n) is 6.26. The molecule has 1 aromatic heterocycles. The standard InChI is InChI=1S/C42H40N2O8S/c1-6-12-29-21-27(17-19-33(29)51-24-31-15-11-14-28-13-9-10-16-32(28)31)22-36-40(46)44-39(38(41(47)50-8-3)26(4)43-42(44)53-36)30-18-20-34(35(23-30)49-7-2)52-25-37(45)48-5/h6,9-11,13-23,39H,1,7-8,12,24-25H2,2-5H3/b36-22-/t39-/m0/s1. The van der Waals surface area contributed by atoms with E-state index in [0.29, 0.717) is 51.7 Å². The van der Waals surface area contributed by atoms with Crippen LogP contribution in [0.25, 0.3) is 16.8 Å². The molecule has 1 aliphatic heterocycles. The van der Waals surface area contributed by atoms with E-state index >= 15 is 0 Å². The molecule has 4 aromatic carbocycles. The van der Waals surface area contributed by atoms with Crippen LogP contribution in [-0.2, 0) is 32.1 Å². The molecule has 0 radical (unpaired) electrons. The van der Waals surface area contributed by atoms with Crippen molar-refractivity contribution in [3.63, 3.8) is 0 Å². The second-order valence-corrected chi connectivity index (χ2v) is 13.1. The number of carbonyl (C=O) groups excluding carboxylic acids is 2. The van der Waals surface area contributed by atoms with Gasteiger partial charge in [-0.15, -0.1) is 6.58 Å². The molecule has 53 heavy (non-hydrogen) atoms. The van der Waals surface area contributed by atoms with Crippen molar-refractivity contribution >= 4 is 40.1 Å². The molecule has 6 rings (SSSR count). The number of esters is 2. The number of hydrogen-bond acceptors (Lipinski definition) is 10. The van der Waals surface area contributed by atoms with Crippen LogP contribution in [-0.4, -0.2) is 43.4 Å². The first-order chi connectivity index (χ1) is 25.8. The number of nitrogens with zero attached hydrogens (tertiary/aromatic N) is 2. The largest absolute Gasteiger partial charge is 0.490 e. The first kappa shape index (κ1) is 36.8. The predicted molar refractivity (Wildman–Crippen MR) is 204 cm³/mol. The maximum Gasteiger partial charge on any atom is 0.343 e. The Morgan fingerprint density at radius 3 is 2.47 bits per heavy atom. The van der Waals surface area contributed by atoms with E-state index in [9.17, 15) is 14.4 Å². The molecule has 2 heterocycles. The molecule has 0 aliphatic carbocycles. The zero-order chi connectivity index (χ0) is 37.5. The van der Waals surface area contributed by atoms with E-state index in [1.807, 2.05) is 55.5 Å². The molecule has 0 spiro atoms. The van der Waals surface area contributed by atoms with Crippen molar-refractivity contribution < 1.29 is 33.3 Å². The van der Waals surface area contributed by atoms with Gasteiger partial charge in [-0.1, -0.05) is 72.0 Å². The van der Waals surface area contributed by atoms with Crippen LogP contribution in [0.4, 0.5) is 0 Å². The molecule has 5 aromatic rings. The Morgan fingerprint density at radius 1 is 0.906 bits per heavy atom. The number of carbonyl (C=O) groups is 2. The molecule has 10 nitrogen and oxygen atoms in total. The number of fused-ring (bicyclic) bond motifs is 2. The Labute approximate surface area is 310 Å². The van der Waals surface area contributed by atoms with Crippen LogP contribution in [0.3, 0.4) is 0 Å². The van der Waals surface area contributed by atoms with Gasteiger partial charge in [0.25, 0.3) is 5.56 Å². The lowest BCUT2D eigenvalue weighted by Gasteiger charge is -2.25. The summed E-state index contributed by atoms with van der Waals surface area (Å²) in [5, 5.41) is 2.30. The van der Waals surface area contributed by atoms with Gasteiger partial charge in [0, 0.05) is 0 Å². The summed E-state index contributed by atoms with van der Waals surface area (Å²) >= 11 is 1.23. The third-order valence-electron chi connectivity index (χ3n) is 8.68. The van der Waals surface area contributed by atoms with Crippen LogP contribution < -0.4 is 29.1 Å². The molecule has 0 fully saturated rings. The van der Waals surface area contributed by atoms with E-state index in [1.54, 1.807) is 32.0 Å². The second kappa shape index (κ2) is 16.6. The van der Waals surface area contributed by atoms with E-state index < -0.39 is 18.0 Å². The highest BCUT2D eigenvalue weighted by Gasteiger charge is 2.34. The van der Waals surface area contributed by atoms with Crippen LogP contribution in [0.5, 0.6) is 17.2 Å². The summed E-state index contributed by atoms with van der Waals surface area (Å²) in [6.45, 7) is 9.74. The predicted octanol–water partition coefficient (Wildman–Crippen LogP) is 6.21. The highest BCUT2D eigenvalue weighted by Crippen LogP contribution is 2.36. The highest BCUT2D eigenvalue weighted by molar-refractivity contribution is 7.07. The van der Waals surface area contributed by atoms with Crippen LogP contribution in [0.1, 0.15) is 49.1 Å². The fraction of sp³-hybridized carbons (Fsp3) is 0.238. The van der Waals surface area contributed by atoms with Crippen LogP contribution >= 0.6 is 11.3 Å². The molecule has 11 heteroatoms. The van der Waals surface area contributed by atoms with E-state index in [0.717, 1.165) is 33.2 Å². The third kappa shape index (κ3) is 7.95. The number of ether oxygens (including phenoxy) is 5. The first-order valence-electron chi connectivity index (χ1n) is 17.3. The monoisotopic (exact) mass is 732 g/mol. The molecule has 1 atom stereocenters. The number of aromatic nitrogens is 1. The van der Waals surface area contributed by atoms with Crippen molar-refractivity contribution in [3.05, 3.63) is 145 Å². The maximum atomic E-state index is 14.3. The van der Waals surface area contributed by atoms with E-state index in [2.05, 4.69) is 30.8 Å². The lowest BCUT2D eigenvalue weighted by atomic mass is 9.95. The molecule has 0 saturated carbocycles. The average Bonchev–Trinajstić information content (AvgIpc) is 3.46. The van der Waals surface area contributed by atoms with Crippen molar-refractivity contribution in [3.8, 4) is 17.2 Å². The van der Waals surface area contributed by atoms with Gasteiger partial charge in [-0.05, 0) is 90.6 Å². The minimum atomic E-state index is -0.873. The Bertz CT molecular complexity index is 2400. The molecule has 0 saturated heterocycles. The summed E-state index contributed by atoms with van der Waals surface area (Å²) in [5.74, 6) is 0.255. The smallest absolute Gasteiger partial charge is 0.343 e. The molecule has 0 amide bonds. The summed E-state index contributed by atoms with van der Waals surface area (Å²) in [5.41, 5.74) is 3.74. The normalized spacial score (nSPS) is 14.0. The van der Waals surface area contributed by atoms with E-state index in [4.69, 9.17) is 28.7 Å². The number of thiazole rings is 1. The maximum absolute atomic E-state index is 14.3. The lowest BCUT2D eigenvalue weighted by molar-refractivity contribution is -0.143. The van der Waals surface area contributed by atoms with Crippen molar-refractivity contribution in [1.29, 1.82) is 0 Å². The molecule has 1 aliphatic rings. The van der Waals surface area contributed by atoms with Crippen LogP contribution in [0, 0.1) is 0 Å². The molecule has 0 bridgehead atoms. The topological polar surface area (TPSA) is 115 Å². The summed E-state index contributed by atoms with van der Waals surface area (Å²) in [7, 11) is 1.28. The van der Waals surface area contributed by atoms with Gasteiger partial charge < -0.3 is 23.7 Å². The van der Waals surface area contributed by atoms with Gasteiger partial charge >= 0.3 is 11.9 Å². The van der Waals surface area contributed by atoms with Crippen molar-refractivity contribution in [1.82, 2.24) is 4.57 Å². The van der Waals surface area contributed by atoms with E-state index in [-0.39, 0.29) is 24.3 Å². The summed E-state index contributed by atoms with van der Waals surface area (Å²) in [6, 6.07) is 24.4. The van der Waals surface area contributed by atoms with Gasteiger partial charge in [-0.2, -0.15) is 0 Å². The number of methoxy groups -OCH3 is 1. The Morgan fingerprint density at radius 2 is 1.70 bits per heavy atom. The van der Waals surface area contributed by atoms with Crippen molar-refractivity contribution in [2.45, 2.75) is 39.8 Å². The average molecular weight is 733 g/mol. The lowest BCUT2D eigenvalue weighted by Crippen LogP contribution is -2.40. The van der Waals surface area contributed by atoms with Crippen molar-refractivity contribution in [2.75, 3.05) is 26.9 Å². The molecule has 0 N–H and O–H groups in total. The minimum absolute atomic E-state index is 0.145. The van der Waals surface area contributed by atoms with Crippen LogP contribution in [0.2, 0.25) is 0 Å². The Hall–Kier alpha value is -5.94.